The van der Waals surface area contributed by atoms with Gasteiger partial charge in [-0.05, 0) is 62.2 Å². The second-order valence-electron chi connectivity index (χ2n) is 16.6. The van der Waals surface area contributed by atoms with Gasteiger partial charge in [0.2, 0.25) is 15.9 Å². The van der Waals surface area contributed by atoms with Crippen molar-refractivity contribution in [2.75, 3.05) is 42.1 Å². The van der Waals surface area contributed by atoms with Crippen molar-refractivity contribution in [3.63, 3.8) is 0 Å². The van der Waals surface area contributed by atoms with Crippen LogP contribution in [0.25, 0.3) is 32.4 Å². The van der Waals surface area contributed by atoms with Crippen LogP contribution in [-0.4, -0.2) is 76.3 Å². The molecule has 6 heterocycles. The zero-order valence-corrected chi connectivity index (χ0v) is 34.9. The number of hydrogen-bond donors (Lipinski definition) is 3. The van der Waals surface area contributed by atoms with Gasteiger partial charge in [-0.1, -0.05) is 35.3 Å². The van der Waals surface area contributed by atoms with E-state index < -0.39 is 81.0 Å². The topological polar surface area (TPSA) is 152 Å². The average Bonchev–Trinajstić information content (AvgIpc) is 3.87. The van der Waals surface area contributed by atoms with Crippen molar-refractivity contribution >= 4 is 59.5 Å². The van der Waals surface area contributed by atoms with E-state index in [1.807, 2.05) is 0 Å². The van der Waals surface area contributed by atoms with E-state index >= 15 is 8.78 Å². The highest BCUT2D eigenvalue weighted by Crippen LogP contribution is 2.58. The Kier molecular flexibility index (Phi) is 9.40. The molecule has 3 N–H and O–H groups in total. The van der Waals surface area contributed by atoms with Gasteiger partial charge in [0.15, 0.2) is 22.3 Å². The number of hydrogen-bond acceptors (Lipinski definition) is 10. The van der Waals surface area contributed by atoms with Crippen molar-refractivity contribution < 1.29 is 43.9 Å². The number of benzene rings is 2. The molecular weight excluding hydrogens is 878 g/mol. The molecule has 328 valence electrons. The summed E-state index contributed by atoms with van der Waals surface area (Å²) in [6, 6.07) is 8.21. The van der Waals surface area contributed by atoms with E-state index in [-0.39, 0.29) is 34.6 Å². The van der Waals surface area contributed by atoms with Gasteiger partial charge in [0, 0.05) is 53.7 Å². The van der Waals surface area contributed by atoms with Gasteiger partial charge >= 0.3 is 12.1 Å². The van der Waals surface area contributed by atoms with Crippen molar-refractivity contribution in [2.45, 2.75) is 49.9 Å². The third-order valence-corrected chi connectivity index (χ3v) is 13.8. The van der Waals surface area contributed by atoms with E-state index in [1.54, 1.807) is 31.3 Å². The Labute approximate surface area is 358 Å². The number of rotatable bonds is 10. The lowest BCUT2D eigenvalue weighted by Crippen LogP contribution is -2.60. The summed E-state index contributed by atoms with van der Waals surface area (Å²) < 4.78 is 133. The first-order valence-corrected chi connectivity index (χ1v) is 22.5. The molecule has 2 aromatic carbocycles. The van der Waals surface area contributed by atoms with Gasteiger partial charge in [0.05, 0.1) is 34.1 Å². The van der Waals surface area contributed by atoms with Gasteiger partial charge in [-0.2, -0.15) is 37.1 Å². The van der Waals surface area contributed by atoms with Gasteiger partial charge in [-0.15, -0.1) is 0 Å². The number of alkyl halides is 5. The first-order chi connectivity index (χ1) is 29.8. The molecule has 1 spiro atoms. The molecule has 3 atom stereocenters. The fourth-order valence-corrected chi connectivity index (χ4v) is 10.8. The van der Waals surface area contributed by atoms with Gasteiger partial charge in [-0.25, -0.2) is 22.2 Å². The van der Waals surface area contributed by atoms with Gasteiger partial charge in [-0.3, -0.25) is 18.9 Å². The fraction of sp³-hybridized carbons (Fsp3) is 0.390. The van der Waals surface area contributed by atoms with Crippen LogP contribution in [0.1, 0.15) is 53.0 Å². The quantitative estimate of drug-likeness (QED) is 0.108. The van der Waals surface area contributed by atoms with Crippen molar-refractivity contribution in [3.8, 4) is 23.0 Å². The number of halogens is 7. The van der Waals surface area contributed by atoms with E-state index in [4.69, 9.17) is 9.97 Å². The van der Waals surface area contributed by atoms with Crippen LogP contribution in [0.4, 0.5) is 41.7 Å². The lowest BCUT2D eigenvalue weighted by atomic mass is 9.73. The maximum Gasteiger partial charge on any atom is 0.435 e. The Morgan fingerprint density at radius 3 is 2.43 bits per heavy atom. The van der Waals surface area contributed by atoms with E-state index in [2.05, 4.69) is 42.3 Å². The number of aryl methyl sites for hydroxylation is 1. The SMILES string of the molecule is Cn1nc(NS(C)(=O)=O)c2cccc(-c3cc4sc(N5CC6(CCNCC6)C5)nc4nc3[C@H](Cc3cc(F)cc(F)c3)NC(=O)Cn3nc(C(F)(F)F)c4c3C(F)(F)[C@@H]3C#C[C@H]43)c21. The number of piperidine rings is 1. The summed E-state index contributed by atoms with van der Waals surface area (Å²) in [4.78, 5) is 26.2. The molecule has 0 saturated carbocycles. The smallest absolute Gasteiger partial charge is 0.347 e. The molecule has 10 rings (SSSR count). The van der Waals surface area contributed by atoms with Crippen LogP contribution in [0, 0.1) is 34.8 Å². The second-order valence-corrected chi connectivity index (χ2v) is 19.4. The summed E-state index contributed by atoms with van der Waals surface area (Å²) in [7, 11) is -2.19. The van der Waals surface area contributed by atoms with Crippen LogP contribution in [0.3, 0.4) is 0 Å². The largest absolute Gasteiger partial charge is 0.435 e. The van der Waals surface area contributed by atoms with Crippen molar-refractivity contribution in [3.05, 3.63) is 82.3 Å². The Balaban J connectivity index is 1.10. The minimum Gasteiger partial charge on any atom is -0.347 e. The number of carbonyl (C=O) groups is 1. The molecule has 63 heavy (non-hydrogen) atoms. The third-order valence-electron chi connectivity index (χ3n) is 12.1. The maximum atomic E-state index is 15.7. The fourth-order valence-electron chi connectivity index (χ4n) is 9.40. The number of aromatic nitrogens is 6. The number of sulfonamides is 1. The normalized spacial score (nSPS) is 20.2. The summed E-state index contributed by atoms with van der Waals surface area (Å²) >= 11 is 1.38. The van der Waals surface area contributed by atoms with Crippen LogP contribution < -0.4 is 20.3 Å². The Morgan fingerprint density at radius 2 is 1.76 bits per heavy atom. The van der Waals surface area contributed by atoms with Crippen molar-refractivity contribution in [1.82, 2.24) is 40.2 Å². The molecule has 1 amide bonds. The maximum absolute atomic E-state index is 15.7. The monoisotopic (exact) mass is 912 g/mol. The van der Waals surface area contributed by atoms with E-state index in [0.717, 1.165) is 57.4 Å². The predicted octanol–water partition coefficient (Wildman–Crippen LogP) is 6.22. The number of nitrogens with zero attached hydrogens (tertiary/aromatic N) is 7. The highest BCUT2D eigenvalue weighted by Gasteiger charge is 2.62. The molecule has 0 unspecified atom stereocenters. The minimum atomic E-state index is -5.13. The zero-order chi connectivity index (χ0) is 44.4. The number of pyridine rings is 1. The van der Waals surface area contributed by atoms with Gasteiger partial charge < -0.3 is 15.5 Å². The molecule has 4 aromatic heterocycles. The molecule has 0 radical (unpaired) electrons. The predicted molar refractivity (Wildman–Crippen MR) is 218 cm³/mol. The summed E-state index contributed by atoms with van der Waals surface area (Å²) in [5, 5.41) is 15.1. The number of carbonyl (C=O) groups excluding carboxylic acids is 1. The number of anilines is 2. The Hall–Kier alpha value is -5.79. The molecule has 2 aliphatic carbocycles. The van der Waals surface area contributed by atoms with Crippen molar-refractivity contribution in [1.29, 1.82) is 0 Å². The zero-order valence-electron chi connectivity index (χ0n) is 33.2. The van der Waals surface area contributed by atoms with Gasteiger partial charge in [0.1, 0.15) is 29.8 Å². The Bertz CT molecular complexity index is 3050. The number of para-hydroxylation sites is 1. The van der Waals surface area contributed by atoms with Crippen LogP contribution in [0.15, 0.2) is 42.5 Å². The van der Waals surface area contributed by atoms with Crippen LogP contribution >= 0.6 is 11.3 Å². The first kappa shape index (κ1) is 41.2. The minimum absolute atomic E-state index is 0.0258. The van der Waals surface area contributed by atoms with E-state index in [1.165, 1.54) is 16.0 Å². The van der Waals surface area contributed by atoms with Crippen LogP contribution in [-0.2, 0) is 46.9 Å². The molecule has 13 nitrogen and oxygen atoms in total. The lowest BCUT2D eigenvalue weighted by molar-refractivity contribution is -0.142. The molecule has 2 fully saturated rings. The summed E-state index contributed by atoms with van der Waals surface area (Å²) in [5.74, 6) is -5.24. The lowest BCUT2D eigenvalue weighted by Gasteiger charge is -2.52. The number of fused-ring (bicyclic) bond motifs is 5. The summed E-state index contributed by atoms with van der Waals surface area (Å²) in [6.45, 7) is 2.29. The van der Waals surface area contributed by atoms with Gasteiger partial charge in [0.25, 0.3) is 0 Å². The number of amides is 1. The molecule has 2 saturated heterocycles. The summed E-state index contributed by atoms with van der Waals surface area (Å²) in [5.41, 5.74) is -1.61. The molecule has 6 aromatic rings. The average molecular weight is 913 g/mol. The highest BCUT2D eigenvalue weighted by atomic mass is 32.2. The highest BCUT2D eigenvalue weighted by molar-refractivity contribution is 7.92. The van der Waals surface area contributed by atoms with Crippen LogP contribution in [0.5, 0.6) is 0 Å². The third kappa shape index (κ3) is 7.13. The molecule has 2 aliphatic heterocycles. The number of thiazole rings is 1. The summed E-state index contributed by atoms with van der Waals surface area (Å²) in [6.07, 6.45) is -2.47. The second kappa shape index (κ2) is 14.4. The molecule has 22 heteroatoms. The van der Waals surface area contributed by atoms with Crippen molar-refractivity contribution in [2.24, 2.45) is 18.4 Å². The molecular formula is C41H35F7N10O3S2. The first-order valence-electron chi connectivity index (χ1n) is 19.8. The molecule has 0 bridgehead atoms. The van der Waals surface area contributed by atoms with E-state index in [0.29, 0.717) is 42.6 Å². The molecule has 4 aliphatic rings. The Morgan fingerprint density at radius 1 is 1.03 bits per heavy atom. The van der Waals surface area contributed by atoms with E-state index in [9.17, 15) is 35.2 Å². The standard InChI is InChI=1S/C41H35F7N10O3S2/c1-56-33-23(4-3-5-25(33)36(54-56)55-63(2,60)61)26-16-29-37(52-38(62-29)57-18-39(19-57)8-10-49-11-9-39)51-32(26)28(14-20-12-21(42)15-22(43)13-20)50-30(59)17-58-35-31(34(53-58)41(46,47)48)24-6-7-27(24)40(35,44)45/h3-5,12-13,15-16,24,27-28,49H,8-11,14,17-19H2,1-2H3,(H,50,59)(H,54,55)/t24-,27+,28-/m0/s1. The number of nitrogens with one attached hydrogen (secondary N) is 3. The van der Waals surface area contributed by atoms with Crippen LogP contribution in [0.2, 0.25) is 0 Å².